The summed E-state index contributed by atoms with van der Waals surface area (Å²) < 4.78 is 1.96. The highest BCUT2D eigenvalue weighted by Gasteiger charge is 2.08. The molecule has 1 amide bonds. The average Bonchev–Trinajstić information content (AvgIpc) is 2.34. The van der Waals surface area contributed by atoms with E-state index in [-0.39, 0.29) is 5.91 Å². The van der Waals surface area contributed by atoms with Gasteiger partial charge in [0, 0.05) is 13.6 Å². The Kier molecular flexibility index (Phi) is 4.40. The lowest BCUT2D eigenvalue weighted by Crippen LogP contribution is -2.12. The van der Waals surface area contributed by atoms with Crippen LogP contribution in [0.15, 0.2) is 46.9 Å². The predicted octanol–water partition coefficient (Wildman–Crippen LogP) is 4.61. The van der Waals surface area contributed by atoms with E-state index >= 15 is 0 Å². The number of carbonyl (C=O) groups excluding carboxylic acids is 1. The van der Waals surface area contributed by atoms with Crippen LogP contribution in [0.4, 0.5) is 5.69 Å². The summed E-state index contributed by atoms with van der Waals surface area (Å²) in [5, 5.41) is 2.90. The highest BCUT2D eigenvalue weighted by Crippen LogP contribution is 2.25. The molecule has 2 aromatic carbocycles. The number of rotatable bonds is 2. The Hall–Kier alpha value is -0.880. The maximum absolute atomic E-state index is 12.1. The lowest BCUT2D eigenvalue weighted by atomic mass is 10.1. The van der Waals surface area contributed by atoms with Crippen molar-refractivity contribution in [1.29, 1.82) is 0 Å². The Bertz CT molecular complexity index is 598. The Morgan fingerprint density at radius 2 is 2.00 bits per heavy atom. The average molecular weight is 416 g/mol. The summed E-state index contributed by atoms with van der Waals surface area (Å²) in [7, 11) is 0. The first-order valence-electron chi connectivity index (χ1n) is 5.39. The summed E-state index contributed by atoms with van der Waals surface area (Å²) in [6, 6.07) is 13.4. The fourth-order valence-electron chi connectivity index (χ4n) is 1.57. The van der Waals surface area contributed by atoms with Gasteiger partial charge < -0.3 is 5.32 Å². The van der Waals surface area contributed by atoms with Gasteiger partial charge in [-0.1, -0.05) is 17.7 Å². The van der Waals surface area contributed by atoms with Crippen LogP contribution in [-0.4, -0.2) is 5.91 Å². The van der Waals surface area contributed by atoms with Crippen molar-refractivity contribution in [3.63, 3.8) is 0 Å². The Balaban J connectivity index is 2.24. The zero-order valence-electron chi connectivity index (χ0n) is 9.71. The first-order valence-corrected chi connectivity index (χ1v) is 7.26. The molecule has 0 aliphatic carbocycles. The standard InChI is InChI=1S/C14H11BrINO/c1-9-3-2-4-10(7-9)14(18)17-13-8-11(16)5-6-12(13)15/h2-8H,1H3,(H,17,18). The molecule has 0 aliphatic heterocycles. The van der Waals surface area contributed by atoms with Crippen LogP contribution in [-0.2, 0) is 0 Å². The molecule has 2 rings (SSSR count). The van der Waals surface area contributed by atoms with Crippen LogP contribution in [0.1, 0.15) is 15.9 Å². The third-order valence-corrected chi connectivity index (χ3v) is 3.82. The van der Waals surface area contributed by atoms with E-state index in [2.05, 4.69) is 43.8 Å². The van der Waals surface area contributed by atoms with Gasteiger partial charge in [-0.3, -0.25) is 4.79 Å². The lowest BCUT2D eigenvalue weighted by molar-refractivity contribution is 0.102. The fraction of sp³-hybridized carbons (Fsp3) is 0.0714. The quantitative estimate of drug-likeness (QED) is 0.712. The number of aryl methyl sites for hydroxylation is 1. The van der Waals surface area contributed by atoms with Gasteiger partial charge in [0.05, 0.1) is 5.69 Å². The zero-order chi connectivity index (χ0) is 13.1. The van der Waals surface area contributed by atoms with Crippen LogP contribution in [0.3, 0.4) is 0 Å². The Morgan fingerprint density at radius 1 is 1.22 bits per heavy atom. The molecule has 1 N–H and O–H groups in total. The summed E-state index contributed by atoms with van der Waals surface area (Å²) in [6.45, 7) is 1.97. The highest BCUT2D eigenvalue weighted by atomic mass is 127. The van der Waals surface area contributed by atoms with Gasteiger partial charge in [0.25, 0.3) is 5.91 Å². The van der Waals surface area contributed by atoms with Gasteiger partial charge >= 0.3 is 0 Å². The van der Waals surface area contributed by atoms with Crippen molar-refractivity contribution < 1.29 is 4.79 Å². The first kappa shape index (κ1) is 13.5. The first-order chi connectivity index (χ1) is 8.56. The molecule has 4 heteroatoms. The molecule has 0 heterocycles. The summed E-state index contributed by atoms with van der Waals surface area (Å²) in [5.41, 5.74) is 2.53. The minimum atomic E-state index is -0.0959. The Morgan fingerprint density at radius 3 is 2.72 bits per heavy atom. The lowest BCUT2D eigenvalue weighted by Gasteiger charge is -2.08. The zero-order valence-corrected chi connectivity index (χ0v) is 13.4. The third kappa shape index (κ3) is 3.32. The summed E-state index contributed by atoms with van der Waals surface area (Å²) in [5.74, 6) is -0.0959. The van der Waals surface area contributed by atoms with Crippen molar-refractivity contribution in [2.24, 2.45) is 0 Å². The maximum atomic E-state index is 12.1. The molecule has 0 aliphatic rings. The monoisotopic (exact) mass is 415 g/mol. The van der Waals surface area contributed by atoms with Gasteiger partial charge in [-0.15, -0.1) is 0 Å². The van der Waals surface area contributed by atoms with Crippen molar-refractivity contribution in [3.05, 3.63) is 61.6 Å². The molecule has 0 saturated heterocycles. The van der Waals surface area contributed by atoms with Crippen molar-refractivity contribution in [1.82, 2.24) is 0 Å². The van der Waals surface area contributed by atoms with Gasteiger partial charge in [0.1, 0.15) is 0 Å². The molecule has 0 saturated carbocycles. The minimum absolute atomic E-state index is 0.0959. The van der Waals surface area contributed by atoms with Crippen LogP contribution in [0, 0.1) is 10.5 Å². The van der Waals surface area contributed by atoms with E-state index < -0.39 is 0 Å². The Labute approximate surface area is 128 Å². The van der Waals surface area contributed by atoms with Crippen molar-refractivity contribution >= 4 is 50.1 Å². The van der Waals surface area contributed by atoms with Crippen LogP contribution >= 0.6 is 38.5 Å². The van der Waals surface area contributed by atoms with Crippen molar-refractivity contribution in [2.75, 3.05) is 5.32 Å². The molecule has 0 fully saturated rings. The molecule has 18 heavy (non-hydrogen) atoms. The second-order valence-electron chi connectivity index (χ2n) is 3.95. The molecule has 2 aromatic rings. The number of anilines is 1. The number of carbonyl (C=O) groups is 1. The van der Waals surface area contributed by atoms with Gasteiger partial charge in [-0.25, -0.2) is 0 Å². The maximum Gasteiger partial charge on any atom is 0.255 e. The normalized spacial score (nSPS) is 10.2. The molecule has 2 nitrogen and oxygen atoms in total. The van der Waals surface area contributed by atoms with Crippen LogP contribution in [0.2, 0.25) is 0 Å². The van der Waals surface area contributed by atoms with Crippen LogP contribution < -0.4 is 5.32 Å². The molecule has 0 atom stereocenters. The third-order valence-electron chi connectivity index (χ3n) is 2.46. The summed E-state index contributed by atoms with van der Waals surface area (Å²) in [6.07, 6.45) is 0. The van der Waals surface area contributed by atoms with Crippen LogP contribution in [0.25, 0.3) is 0 Å². The molecular weight excluding hydrogens is 405 g/mol. The van der Waals surface area contributed by atoms with Gasteiger partial charge in [-0.05, 0) is 75.8 Å². The predicted molar refractivity (Wildman–Crippen MR) is 86.0 cm³/mol. The van der Waals surface area contributed by atoms with E-state index in [0.29, 0.717) is 5.56 Å². The number of amides is 1. The summed E-state index contributed by atoms with van der Waals surface area (Å²) >= 11 is 5.64. The minimum Gasteiger partial charge on any atom is -0.321 e. The second kappa shape index (κ2) is 5.84. The van der Waals surface area contributed by atoms with E-state index in [4.69, 9.17) is 0 Å². The SMILES string of the molecule is Cc1cccc(C(=O)Nc2cc(I)ccc2Br)c1. The molecule has 92 valence electrons. The van der Waals surface area contributed by atoms with E-state index in [0.717, 1.165) is 19.3 Å². The summed E-state index contributed by atoms with van der Waals surface area (Å²) in [4.78, 5) is 12.1. The molecule has 0 aromatic heterocycles. The molecule has 0 bridgehead atoms. The topological polar surface area (TPSA) is 29.1 Å². The largest absolute Gasteiger partial charge is 0.321 e. The number of benzene rings is 2. The van der Waals surface area contributed by atoms with E-state index in [1.807, 2.05) is 49.4 Å². The number of halogens is 2. The van der Waals surface area contributed by atoms with E-state index in [9.17, 15) is 4.79 Å². The van der Waals surface area contributed by atoms with Crippen molar-refractivity contribution in [3.8, 4) is 0 Å². The number of hydrogen-bond acceptors (Lipinski definition) is 1. The van der Waals surface area contributed by atoms with Gasteiger partial charge in [0.15, 0.2) is 0 Å². The number of hydrogen-bond donors (Lipinski definition) is 1. The molecule has 0 radical (unpaired) electrons. The fourth-order valence-corrected chi connectivity index (χ4v) is 2.41. The number of nitrogens with one attached hydrogen (secondary N) is 1. The van der Waals surface area contributed by atoms with Crippen LogP contribution in [0.5, 0.6) is 0 Å². The molecular formula is C14H11BrINO. The van der Waals surface area contributed by atoms with Gasteiger partial charge in [-0.2, -0.15) is 0 Å². The second-order valence-corrected chi connectivity index (χ2v) is 6.05. The molecule has 0 spiro atoms. The van der Waals surface area contributed by atoms with E-state index in [1.54, 1.807) is 0 Å². The highest BCUT2D eigenvalue weighted by molar-refractivity contribution is 14.1. The van der Waals surface area contributed by atoms with Crippen molar-refractivity contribution in [2.45, 2.75) is 6.92 Å². The van der Waals surface area contributed by atoms with E-state index in [1.165, 1.54) is 0 Å². The molecule has 0 unspecified atom stereocenters. The van der Waals surface area contributed by atoms with Gasteiger partial charge in [0.2, 0.25) is 0 Å². The smallest absolute Gasteiger partial charge is 0.255 e.